The van der Waals surface area contributed by atoms with Gasteiger partial charge >= 0.3 is 0 Å². The number of fused-ring (bicyclic) bond motifs is 10. The van der Waals surface area contributed by atoms with Crippen LogP contribution in [0.2, 0.25) is 0 Å². The van der Waals surface area contributed by atoms with Gasteiger partial charge in [-0.25, -0.2) is 9.97 Å². The number of rotatable bonds is 5. The first kappa shape index (κ1) is 32.7. The van der Waals surface area contributed by atoms with Crippen molar-refractivity contribution in [3.8, 4) is 51.1 Å². The zero-order valence-corrected chi connectivity index (χ0v) is 31.9. The molecule has 0 N–H and O–H groups in total. The Bertz CT molecular complexity index is 3500. The number of pyridine rings is 1. The lowest BCUT2D eigenvalue weighted by molar-refractivity contribution is 0.953. The highest BCUT2D eigenvalue weighted by atomic mass is 32.1. The van der Waals surface area contributed by atoms with E-state index in [4.69, 9.17) is 19.9 Å². The van der Waals surface area contributed by atoms with Crippen molar-refractivity contribution in [1.82, 2.24) is 24.5 Å². The van der Waals surface area contributed by atoms with E-state index >= 15 is 0 Å². The smallest absolute Gasteiger partial charge is 0.238 e. The van der Waals surface area contributed by atoms with Crippen LogP contribution in [0.1, 0.15) is 0 Å². The van der Waals surface area contributed by atoms with Gasteiger partial charge in [-0.3, -0.25) is 4.57 Å². The van der Waals surface area contributed by atoms with Gasteiger partial charge < -0.3 is 0 Å². The maximum atomic E-state index is 5.19. The third-order valence-corrected chi connectivity index (χ3v) is 12.5. The van der Waals surface area contributed by atoms with Gasteiger partial charge in [0.1, 0.15) is 0 Å². The van der Waals surface area contributed by atoms with Gasteiger partial charge in [-0.15, -0.1) is 11.3 Å². The third-order valence-electron chi connectivity index (χ3n) is 11.3. The molecule has 0 fully saturated rings. The minimum absolute atomic E-state index is 0.588. The molecule has 8 aromatic carbocycles. The molecular formula is C52H31N5S. The molecule has 0 saturated carbocycles. The largest absolute Gasteiger partial charge is 0.278 e. The molecule has 0 spiro atoms. The minimum Gasteiger partial charge on any atom is -0.278 e. The van der Waals surface area contributed by atoms with Gasteiger partial charge in [0, 0.05) is 63.8 Å². The van der Waals surface area contributed by atoms with Gasteiger partial charge in [0.25, 0.3) is 0 Å². The summed E-state index contributed by atoms with van der Waals surface area (Å²) in [6.45, 7) is 0. The van der Waals surface area contributed by atoms with Crippen LogP contribution in [0.25, 0.3) is 115 Å². The van der Waals surface area contributed by atoms with Crippen LogP contribution in [-0.2, 0) is 0 Å². The zero-order chi connectivity index (χ0) is 38.2. The van der Waals surface area contributed by atoms with E-state index in [-0.39, 0.29) is 0 Å². The van der Waals surface area contributed by atoms with E-state index in [1.165, 1.54) is 41.9 Å². The fraction of sp³-hybridized carbons (Fsp3) is 0. The van der Waals surface area contributed by atoms with Gasteiger partial charge in [-0.05, 0) is 35.4 Å². The molecule has 0 bridgehead atoms. The van der Waals surface area contributed by atoms with E-state index in [1.54, 1.807) is 0 Å². The Hall–Kier alpha value is -7.54. The van der Waals surface area contributed by atoms with Crippen LogP contribution in [-0.4, -0.2) is 24.5 Å². The maximum Gasteiger partial charge on any atom is 0.238 e. The van der Waals surface area contributed by atoms with Crippen LogP contribution >= 0.6 is 11.3 Å². The summed E-state index contributed by atoms with van der Waals surface area (Å²) in [7, 11) is 0. The molecule has 0 unspecified atom stereocenters. The Morgan fingerprint density at radius 2 is 0.931 bits per heavy atom. The molecule has 0 aliphatic heterocycles. The summed E-state index contributed by atoms with van der Waals surface area (Å²) in [6, 6.07) is 66.0. The highest BCUT2D eigenvalue weighted by Gasteiger charge is 2.20. The number of hydrogen-bond acceptors (Lipinski definition) is 5. The van der Waals surface area contributed by atoms with Gasteiger partial charge in [0.15, 0.2) is 11.6 Å². The Morgan fingerprint density at radius 1 is 0.362 bits per heavy atom. The molecule has 0 radical (unpaired) electrons. The van der Waals surface area contributed by atoms with Crippen molar-refractivity contribution in [2.45, 2.75) is 0 Å². The number of para-hydroxylation sites is 3. The summed E-state index contributed by atoms with van der Waals surface area (Å²) in [6.07, 6.45) is 0. The minimum atomic E-state index is 0.588. The maximum absolute atomic E-state index is 5.19. The summed E-state index contributed by atoms with van der Waals surface area (Å²) in [5.41, 5.74) is 9.44. The normalized spacial score (nSPS) is 11.8. The van der Waals surface area contributed by atoms with Gasteiger partial charge in [0.2, 0.25) is 5.95 Å². The SMILES string of the molecule is c1ccc(-c2nc(-c3ccc(-c4cccc5sc6c(ccc7c(-c8ccccc8)nc8ccccc8c76)c45)cc3)nc(-n3c4ccccc4c4ccccc43)n2)cc1. The second-order valence-electron chi connectivity index (χ2n) is 14.6. The summed E-state index contributed by atoms with van der Waals surface area (Å²) < 4.78 is 4.70. The Labute approximate surface area is 337 Å². The molecule has 4 heterocycles. The van der Waals surface area contributed by atoms with E-state index < -0.39 is 0 Å². The summed E-state index contributed by atoms with van der Waals surface area (Å²) in [5.74, 6) is 1.84. The highest BCUT2D eigenvalue weighted by molar-refractivity contribution is 7.27. The van der Waals surface area contributed by atoms with Crippen molar-refractivity contribution in [3.05, 3.63) is 188 Å². The molecule has 6 heteroatoms. The number of nitrogens with zero attached hydrogens (tertiary/aromatic N) is 5. The lowest BCUT2D eigenvalue weighted by atomic mass is 9.95. The van der Waals surface area contributed by atoms with Crippen LogP contribution in [0.5, 0.6) is 0 Å². The van der Waals surface area contributed by atoms with Crippen molar-refractivity contribution >= 4 is 75.0 Å². The van der Waals surface area contributed by atoms with Gasteiger partial charge in [0.05, 0.1) is 22.2 Å². The van der Waals surface area contributed by atoms with E-state index in [9.17, 15) is 0 Å². The third kappa shape index (κ3) is 5.09. The van der Waals surface area contributed by atoms with Crippen molar-refractivity contribution in [1.29, 1.82) is 0 Å². The lowest BCUT2D eigenvalue weighted by Crippen LogP contribution is -2.06. The van der Waals surface area contributed by atoms with Crippen LogP contribution in [0.4, 0.5) is 0 Å². The molecule has 12 aromatic rings. The first-order chi connectivity index (χ1) is 28.8. The molecule has 58 heavy (non-hydrogen) atoms. The standard InChI is InChI=1S/C52H31N5S/c1-3-14-33(15-4-1)48-40-30-31-41-46-36(21-13-25-45(46)58-49(41)47(40)39-20-7-10-22-42(39)53-48)32-26-28-35(29-27-32)51-54-50(34-16-5-2-6-17-34)55-52(56-51)57-43-23-11-8-18-37(43)38-19-9-12-24-44(38)57/h1-31H. The number of hydrogen-bond donors (Lipinski definition) is 0. The van der Waals surface area contributed by atoms with E-state index in [1.807, 2.05) is 29.5 Å². The Morgan fingerprint density at radius 3 is 1.64 bits per heavy atom. The van der Waals surface area contributed by atoms with Crippen molar-refractivity contribution in [2.24, 2.45) is 0 Å². The molecular weight excluding hydrogens is 727 g/mol. The Balaban J connectivity index is 1.02. The van der Waals surface area contributed by atoms with Crippen LogP contribution in [0.15, 0.2) is 188 Å². The van der Waals surface area contributed by atoms with Crippen LogP contribution < -0.4 is 0 Å². The fourth-order valence-corrected chi connectivity index (χ4v) is 9.91. The predicted octanol–water partition coefficient (Wildman–Crippen LogP) is 13.7. The lowest BCUT2D eigenvalue weighted by Gasteiger charge is -2.12. The second kappa shape index (κ2) is 13.0. The molecule has 4 aromatic heterocycles. The topological polar surface area (TPSA) is 56.5 Å². The zero-order valence-electron chi connectivity index (χ0n) is 31.0. The summed E-state index contributed by atoms with van der Waals surface area (Å²) in [5, 5.41) is 8.44. The van der Waals surface area contributed by atoms with Gasteiger partial charge in [-0.2, -0.15) is 9.97 Å². The Kier molecular flexibility index (Phi) is 7.33. The first-order valence-electron chi connectivity index (χ1n) is 19.4. The molecule has 270 valence electrons. The first-order valence-corrected chi connectivity index (χ1v) is 20.2. The quantitative estimate of drug-likeness (QED) is 0.164. The van der Waals surface area contributed by atoms with E-state index in [0.717, 1.165) is 55.3 Å². The monoisotopic (exact) mass is 757 g/mol. The highest BCUT2D eigenvalue weighted by Crippen LogP contribution is 2.46. The summed E-state index contributed by atoms with van der Waals surface area (Å²) >= 11 is 1.86. The van der Waals surface area contributed by atoms with Crippen LogP contribution in [0, 0.1) is 0 Å². The fourth-order valence-electron chi connectivity index (χ4n) is 8.62. The molecule has 12 rings (SSSR count). The number of benzene rings is 8. The predicted molar refractivity (Wildman–Crippen MR) is 242 cm³/mol. The molecule has 0 aliphatic carbocycles. The van der Waals surface area contributed by atoms with Gasteiger partial charge in [-0.1, -0.05) is 164 Å². The van der Waals surface area contributed by atoms with Crippen LogP contribution in [0.3, 0.4) is 0 Å². The summed E-state index contributed by atoms with van der Waals surface area (Å²) in [4.78, 5) is 20.5. The number of aromatic nitrogens is 5. The average Bonchev–Trinajstić information content (AvgIpc) is 3.85. The van der Waals surface area contributed by atoms with Crippen molar-refractivity contribution in [3.63, 3.8) is 0 Å². The molecule has 0 atom stereocenters. The van der Waals surface area contributed by atoms with E-state index in [0.29, 0.717) is 17.6 Å². The molecule has 0 amide bonds. The average molecular weight is 758 g/mol. The molecule has 0 aliphatic rings. The van der Waals surface area contributed by atoms with E-state index in [2.05, 4.69) is 174 Å². The molecule has 5 nitrogen and oxygen atoms in total. The van der Waals surface area contributed by atoms with Crippen molar-refractivity contribution in [2.75, 3.05) is 0 Å². The molecule has 0 saturated heterocycles. The second-order valence-corrected chi connectivity index (χ2v) is 15.6. The van der Waals surface area contributed by atoms with Crippen molar-refractivity contribution < 1.29 is 0 Å². The number of thiophene rings is 1.